The number of halogens is 1. The maximum atomic E-state index is 14.6. The van der Waals surface area contributed by atoms with Gasteiger partial charge in [0.25, 0.3) is 0 Å². The van der Waals surface area contributed by atoms with Crippen molar-refractivity contribution >= 4 is 17.1 Å². The molecule has 0 aliphatic carbocycles. The lowest BCUT2D eigenvalue weighted by molar-refractivity contribution is 0.0602. The zero-order valence-electron chi connectivity index (χ0n) is 13.7. The molecule has 1 saturated heterocycles. The van der Waals surface area contributed by atoms with E-state index < -0.39 is 11.8 Å². The number of oxazole rings is 1. The molecule has 1 atom stereocenters. The quantitative estimate of drug-likeness (QED) is 0.734. The number of carbonyl (C=O) groups is 1. The first kappa shape index (κ1) is 15.8. The van der Waals surface area contributed by atoms with Crippen molar-refractivity contribution in [3.8, 4) is 11.5 Å². The van der Waals surface area contributed by atoms with Gasteiger partial charge < -0.3 is 14.5 Å². The molecular weight excluding hydrogens is 323 g/mol. The van der Waals surface area contributed by atoms with Gasteiger partial charge in [-0.3, -0.25) is 0 Å². The Labute approximate surface area is 143 Å². The third kappa shape index (κ3) is 2.78. The third-order valence-corrected chi connectivity index (χ3v) is 4.51. The fraction of sp³-hybridized carbons (Fsp3) is 0.263. The Kier molecular flexibility index (Phi) is 3.97. The van der Waals surface area contributed by atoms with Gasteiger partial charge in [0.05, 0.1) is 12.7 Å². The predicted octanol–water partition coefficient (Wildman–Crippen LogP) is 3.85. The average Bonchev–Trinajstić information content (AvgIpc) is 3.30. The van der Waals surface area contributed by atoms with Crippen molar-refractivity contribution in [3.63, 3.8) is 0 Å². The summed E-state index contributed by atoms with van der Waals surface area (Å²) in [6.07, 6.45) is 2.10. The molecule has 0 saturated carbocycles. The monoisotopic (exact) mass is 340 g/mol. The van der Waals surface area contributed by atoms with Crippen LogP contribution in [0, 0.1) is 5.82 Å². The summed E-state index contributed by atoms with van der Waals surface area (Å²) in [5.41, 5.74) is 2.24. The molecule has 2 aromatic carbocycles. The van der Waals surface area contributed by atoms with E-state index in [1.54, 1.807) is 24.3 Å². The summed E-state index contributed by atoms with van der Waals surface area (Å²) in [5, 5.41) is 3.35. The van der Waals surface area contributed by atoms with E-state index in [0.29, 0.717) is 11.1 Å². The minimum atomic E-state index is -0.517. The number of carbonyl (C=O) groups excluding carboxylic acids is 1. The number of ether oxygens (including phenoxy) is 1. The SMILES string of the molecule is COC(=O)c1cccc2nc(-c3ccc(C4CCCN4)cc3F)oc12. The van der Waals surface area contributed by atoms with Crippen molar-refractivity contribution in [2.75, 3.05) is 13.7 Å². The van der Waals surface area contributed by atoms with E-state index in [1.165, 1.54) is 13.2 Å². The number of hydrogen-bond donors (Lipinski definition) is 1. The van der Waals surface area contributed by atoms with Crippen LogP contribution in [-0.4, -0.2) is 24.6 Å². The summed E-state index contributed by atoms with van der Waals surface area (Å²) in [4.78, 5) is 16.2. The maximum absolute atomic E-state index is 14.6. The van der Waals surface area contributed by atoms with Crippen LogP contribution >= 0.6 is 0 Å². The van der Waals surface area contributed by atoms with E-state index in [1.807, 2.05) is 6.07 Å². The molecule has 0 bridgehead atoms. The number of nitrogens with zero attached hydrogens (tertiary/aromatic N) is 1. The van der Waals surface area contributed by atoms with Crippen molar-refractivity contribution in [3.05, 3.63) is 53.3 Å². The van der Waals surface area contributed by atoms with Crippen LogP contribution in [0.3, 0.4) is 0 Å². The highest BCUT2D eigenvalue weighted by molar-refractivity contribution is 6.01. The lowest BCUT2D eigenvalue weighted by atomic mass is 10.0. The summed E-state index contributed by atoms with van der Waals surface area (Å²) in [7, 11) is 1.30. The van der Waals surface area contributed by atoms with E-state index in [-0.39, 0.29) is 23.1 Å². The minimum Gasteiger partial charge on any atom is -0.465 e. The molecule has 1 unspecified atom stereocenters. The smallest absolute Gasteiger partial charge is 0.341 e. The Morgan fingerprint density at radius 2 is 2.24 bits per heavy atom. The van der Waals surface area contributed by atoms with Gasteiger partial charge in [0.15, 0.2) is 5.58 Å². The van der Waals surface area contributed by atoms with Crippen LogP contribution in [0.4, 0.5) is 4.39 Å². The van der Waals surface area contributed by atoms with Gasteiger partial charge in [-0.05, 0) is 49.2 Å². The van der Waals surface area contributed by atoms with Crippen LogP contribution in [0.2, 0.25) is 0 Å². The van der Waals surface area contributed by atoms with Gasteiger partial charge in [0, 0.05) is 6.04 Å². The molecule has 128 valence electrons. The fourth-order valence-electron chi connectivity index (χ4n) is 3.23. The summed E-state index contributed by atoms with van der Waals surface area (Å²) in [6, 6.07) is 10.3. The summed E-state index contributed by atoms with van der Waals surface area (Å²) in [5.74, 6) is -0.761. The summed E-state index contributed by atoms with van der Waals surface area (Å²) in [6.45, 7) is 0.954. The van der Waals surface area contributed by atoms with Crippen LogP contribution in [0.15, 0.2) is 40.8 Å². The number of rotatable bonds is 3. The molecule has 0 spiro atoms. The van der Waals surface area contributed by atoms with Crippen molar-refractivity contribution in [2.24, 2.45) is 0 Å². The van der Waals surface area contributed by atoms with E-state index in [0.717, 1.165) is 24.9 Å². The largest absolute Gasteiger partial charge is 0.465 e. The molecule has 0 amide bonds. The van der Waals surface area contributed by atoms with Crippen molar-refractivity contribution < 1.29 is 18.3 Å². The first-order chi connectivity index (χ1) is 12.2. The van der Waals surface area contributed by atoms with Gasteiger partial charge in [0.1, 0.15) is 16.9 Å². The molecule has 0 radical (unpaired) electrons. The fourth-order valence-corrected chi connectivity index (χ4v) is 3.23. The summed E-state index contributed by atoms with van der Waals surface area (Å²) >= 11 is 0. The number of benzene rings is 2. The predicted molar refractivity (Wildman–Crippen MR) is 90.7 cm³/mol. The zero-order chi connectivity index (χ0) is 17.4. The minimum absolute atomic E-state index is 0.148. The van der Waals surface area contributed by atoms with E-state index in [2.05, 4.69) is 10.3 Å². The van der Waals surface area contributed by atoms with Crippen molar-refractivity contribution in [1.82, 2.24) is 10.3 Å². The number of methoxy groups -OCH3 is 1. The molecular formula is C19H17FN2O3. The van der Waals surface area contributed by atoms with Gasteiger partial charge in [-0.25, -0.2) is 14.2 Å². The highest BCUT2D eigenvalue weighted by Gasteiger charge is 2.21. The standard InChI is InChI=1S/C19H17FN2O3/c1-24-19(23)13-4-2-5-16-17(13)25-18(22-16)12-8-7-11(10-14(12)20)15-6-3-9-21-15/h2,4-5,7-8,10,15,21H,3,6,9H2,1H3. The molecule has 4 rings (SSSR count). The Morgan fingerprint density at radius 1 is 1.36 bits per heavy atom. The molecule has 3 aromatic rings. The first-order valence-corrected chi connectivity index (χ1v) is 8.18. The number of esters is 1. The molecule has 5 nitrogen and oxygen atoms in total. The van der Waals surface area contributed by atoms with Gasteiger partial charge in [-0.1, -0.05) is 12.1 Å². The highest BCUT2D eigenvalue weighted by atomic mass is 19.1. The molecule has 1 N–H and O–H groups in total. The van der Waals surface area contributed by atoms with E-state index >= 15 is 0 Å². The van der Waals surface area contributed by atoms with Gasteiger partial charge >= 0.3 is 5.97 Å². The van der Waals surface area contributed by atoms with Crippen LogP contribution in [-0.2, 0) is 4.74 Å². The van der Waals surface area contributed by atoms with E-state index in [9.17, 15) is 9.18 Å². The Hall–Kier alpha value is -2.73. The molecule has 1 fully saturated rings. The molecule has 6 heteroatoms. The maximum Gasteiger partial charge on any atom is 0.341 e. The second-order valence-corrected chi connectivity index (χ2v) is 6.05. The molecule has 2 heterocycles. The van der Waals surface area contributed by atoms with Crippen LogP contribution in [0.1, 0.15) is 34.8 Å². The van der Waals surface area contributed by atoms with Gasteiger partial charge in [-0.15, -0.1) is 0 Å². The van der Waals surface area contributed by atoms with Crippen molar-refractivity contribution in [2.45, 2.75) is 18.9 Å². The third-order valence-electron chi connectivity index (χ3n) is 4.51. The number of para-hydroxylation sites is 1. The molecule has 1 aromatic heterocycles. The number of aromatic nitrogens is 1. The van der Waals surface area contributed by atoms with E-state index in [4.69, 9.17) is 9.15 Å². The molecule has 1 aliphatic heterocycles. The average molecular weight is 340 g/mol. The highest BCUT2D eigenvalue weighted by Crippen LogP contribution is 2.31. The Morgan fingerprint density at radius 3 is 2.96 bits per heavy atom. The lowest BCUT2D eigenvalue weighted by Gasteiger charge is -2.11. The Balaban J connectivity index is 1.75. The molecule has 1 aliphatic rings. The van der Waals surface area contributed by atoms with Gasteiger partial charge in [0.2, 0.25) is 5.89 Å². The van der Waals surface area contributed by atoms with Crippen LogP contribution in [0.25, 0.3) is 22.6 Å². The van der Waals surface area contributed by atoms with Gasteiger partial charge in [-0.2, -0.15) is 0 Å². The second-order valence-electron chi connectivity index (χ2n) is 6.05. The number of fused-ring (bicyclic) bond motifs is 1. The first-order valence-electron chi connectivity index (χ1n) is 8.18. The summed E-state index contributed by atoms with van der Waals surface area (Å²) < 4.78 is 25.1. The number of hydrogen-bond acceptors (Lipinski definition) is 5. The lowest BCUT2D eigenvalue weighted by Crippen LogP contribution is -2.12. The topological polar surface area (TPSA) is 64.4 Å². The zero-order valence-corrected chi connectivity index (χ0v) is 13.7. The van der Waals surface area contributed by atoms with Crippen LogP contribution in [0.5, 0.6) is 0 Å². The van der Waals surface area contributed by atoms with Crippen molar-refractivity contribution in [1.29, 1.82) is 0 Å². The normalized spacial score (nSPS) is 17.1. The molecule has 25 heavy (non-hydrogen) atoms. The second kappa shape index (κ2) is 6.29. The van der Waals surface area contributed by atoms with Crippen LogP contribution < -0.4 is 5.32 Å². The Bertz CT molecular complexity index is 945. The number of nitrogens with one attached hydrogen (secondary N) is 1.